The molecule has 1 heterocycles. The summed E-state index contributed by atoms with van der Waals surface area (Å²) in [5.41, 5.74) is -2.26. The van der Waals surface area contributed by atoms with E-state index in [1.165, 1.54) is 30.9 Å². The first-order valence-electron chi connectivity index (χ1n) is 10.8. The summed E-state index contributed by atoms with van der Waals surface area (Å²) in [5, 5.41) is 12.0. The minimum Gasteiger partial charge on any atom is -0.353 e. The molecule has 1 aliphatic rings. The molecule has 1 aliphatic heterocycles. The molecule has 0 radical (unpaired) electrons. The van der Waals surface area contributed by atoms with Crippen LogP contribution in [0.15, 0.2) is 66.7 Å². The van der Waals surface area contributed by atoms with Crippen LogP contribution >= 0.6 is 0 Å². The van der Waals surface area contributed by atoms with Gasteiger partial charge in [-0.1, -0.05) is 30.3 Å². The summed E-state index contributed by atoms with van der Waals surface area (Å²) in [6.07, 6.45) is -4.85. The highest BCUT2D eigenvalue weighted by molar-refractivity contribution is 6.23. The van der Waals surface area contributed by atoms with Crippen LogP contribution in [0.2, 0.25) is 0 Å². The van der Waals surface area contributed by atoms with Crippen LogP contribution < -0.4 is 10.2 Å². The normalized spacial score (nSPS) is 15.2. The third-order valence-corrected chi connectivity index (χ3v) is 6.00. The topological polar surface area (TPSA) is 76.4 Å². The average molecular weight is 496 g/mol. The molecule has 184 valence electrons. The minimum absolute atomic E-state index is 0.0753. The predicted octanol–water partition coefficient (Wildman–Crippen LogP) is 6.21. The lowest BCUT2D eigenvalue weighted by Crippen LogP contribution is -2.43. The molecular weight excluding hydrogens is 476 g/mol. The van der Waals surface area contributed by atoms with Crippen LogP contribution in [0.25, 0.3) is 0 Å². The first-order chi connectivity index (χ1) is 16.9. The largest absolute Gasteiger partial charge is 0.417 e. The molecular formula is C26H20F4N4O2. The summed E-state index contributed by atoms with van der Waals surface area (Å²) in [5.74, 6) is -1.20. The van der Waals surface area contributed by atoms with Gasteiger partial charge in [-0.2, -0.15) is 18.4 Å². The smallest absolute Gasteiger partial charge is 0.353 e. The van der Waals surface area contributed by atoms with Crippen molar-refractivity contribution in [3.05, 3.63) is 89.2 Å². The van der Waals surface area contributed by atoms with Crippen molar-refractivity contribution in [2.45, 2.75) is 32.1 Å². The van der Waals surface area contributed by atoms with E-state index in [-0.39, 0.29) is 17.9 Å². The molecule has 0 spiro atoms. The molecule has 3 aromatic carbocycles. The summed E-state index contributed by atoms with van der Waals surface area (Å²) in [4.78, 5) is 28.5. The van der Waals surface area contributed by atoms with Crippen LogP contribution in [0.4, 0.5) is 39.4 Å². The van der Waals surface area contributed by atoms with Crippen LogP contribution in [-0.4, -0.2) is 22.4 Å². The molecule has 1 saturated heterocycles. The summed E-state index contributed by atoms with van der Waals surface area (Å²) in [6.45, 7) is 2.91. The van der Waals surface area contributed by atoms with E-state index in [0.717, 1.165) is 12.1 Å². The molecule has 0 aliphatic carbocycles. The van der Waals surface area contributed by atoms with Crippen LogP contribution in [0.5, 0.6) is 0 Å². The number of hydrogen-bond donors (Lipinski definition) is 1. The molecule has 10 heteroatoms. The maximum Gasteiger partial charge on any atom is 0.417 e. The molecule has 0 atom stereocenters. The zero-order valence-corrected chi connectivity index (χ0v) is 19.2. The second kappa shape index (κ2) is 9.00. The zero-order chi connectivity index (χ0) is 26.3. The number of urea groups is 1. The van der Waals surface area contributed by atoms with Crippen LogP contribution in [0.1, 0.15) is 30.5 Å². The highest BCUT2D eigenvalue weighted by Crippen LogP contribution is 2.38. The first-order valence-corrected chi connectivity index (χ1v) is 10.8. The highest BCUT2D eigenvalue weighted by atomic mass is 19.4. The second-order valence-electron chi connectivity index (χ2n) is 8.67. The van der Waals surface area contributed by atoms with E-state index in [9.17, 15) is 27.2 Å². The molecule has 3 amide bonds. The van der Waals surface area contributed by atoms with Gasteiger partial charge in [0.15, 0.2) is 0 Å². The average Bonchev–Trinajstić information content (AvgIpc) is 3.00. The lowest BCUT2D eigenvalue weighted by atomic mass is 10.0. The third kappa shape index (κ3) is 4.35. The molecule has 0 aromatic heterocycles. The Balaban J connectivity index is 1.69. The predicted molar refractivity (Wildman–Crippen MR) is 125 cm³/mol. The van der Waals surface area contributed by atoms with Gasteiger partial charge < -0.3 is 10.2 Å². The van der Waals surface area contributed by atoms with Gasteiger partial charge in [-0.05, 0) is 55.8 Å². The van der Waals surface area contributed by atoms with E-state index in [4.69, 9.17) is 5.26 Å². The molecule has 3 aromatic rings. The zero-order valence-electron chi connectivity index (χ0n) is 19.2. The molecule has 6 nitrogen and oxygen atoms in total. The number of halogens is 4. The number of hydrogen-bond acceptors (Lipinski definition) is 4. The molecule has 0 unspecified atom stereocenters. The van der Waals surface area contributed by atoms with Crippen molar-refractivity contribution in [1.82, 2.24) is 4.90 Å². The van der Waals surface area contributed by atoms with Gasteiger partial charge in [-0.3, -0.25) is 4.79 Å². The van der Waals surface area contributed by atoms with Gasteiger partial charge >= 0.3 is 12.2 Å². The molecule has 1 N–H and O–H groups in total. The Hall–Kier alpha value is -4.39. The second-order valence-corrected chi connectivity index (χ2v) is 8.67. The Labute approximate surface area is 204 Å². The van der Waals surface area contributed by atoms with Crippen molar-refractivity contribution in [3.8, 4) is 6.07 Å². The Morgan fingerprint density at radius 3 is 2.25 bits per heavy atom. The maximum absolute atomic E-state index is 14.2. The van der Waals surface area contributed by atoms with Crippen molar-refractivity contribution in [3.63, 3.8) is 0 Å². The lowest BCUT2D eigenvalue weighted by molar-refractivity contribution is -0.137. The van der Waals surface area contributed by atoms with Crippen LogP contribution in [0.3, 0.4) is 0 Å². The highest BCUT2D eigenvalue weighted by Gasteiger charge is 2.52. The number of amides is 3. The van der Waals surface area contributed by atoms with Gasteiger partial charge in [0.2, 0.25) is 0 Å². The van der Waals surface area contributed by atoms with Crippen LogP contribution in [0, 0.1) is 17.1 Å². The summed E-state index contributed by atoms with van der Waals surface area (Å²) in [6, 6.07) is 16.2. The number of alkyl halides is 3. The number of nitrogens with one attached hydrogen (secondary N) is 1. The monoisotopic (exact) mass is 496 g/mol. The quantitative estimate of drug-likeness (QED) is 0.337. The van der Waals surface area contributed by atoms with Crippen molar-refractivity contribution in [1.29, 1.82) is 5.26 Å². The maximum atomic E-state index is 14.2. The van der Waals surface area contributed by atoms with Crippen molar-refractivity contribution in [2.24, 2.45) is 0 Å². The number of nitrogens with zero attached hydrogens (tertiary/aromatic N) is 3. The first kappa shape index (κ1) is 24.7. The van der Waals surface area contributed by atoms with Gasteiger partial charge in [-0.15, -0.1) is 0 Å². The number of rotatable bonds is 5. The number of carbonyl (C=O) groups excluding carboxylic acids is 2. The summed E-state index contributed by atoms with van der Waals surface area (Å²) in [7, 11) is 0. The Bertz CT molecular complexity index is 1400. The molecule has 36 heavy (non-hydrogen) atoms. The molecule has 0 saturated carbocycles. The number of carbonyl (C=O) groups is 2. The van der Waals surface area contributed by atoms with E-state index in [0.29, 0.717) is 22.2 Å². The number of anilines is 3. The summed E-state index contributed by atoms with van der Waals surface area (Å²) >= 11 is 0. The fourth-order valence-corrected chi connectivity index (χ4v) is 3.99. The fourth-order valence-electron chi connectivity index (χ4n) is 3.99. The lowest BCUT2D eigenvalue weighted by Gasteiger charge is -2.28. The van der Waals surface area contributed by atoms with Gasteiger partial charge in [0.25, 0.3) is 5.91 Å². The van der Waals surface area contributed by atoms with E-state index >= 15 is 0 Å². The Morgan fingerprint density at radius 1 is 0.972 bits per heavy atom. The van der Waals surface area contributed by atoms with Gasteiger partial charge in [-0.25, -0.2) is 14.1 Å². The van der Waals surface area contributed by atoms with Gasteiger partial charge in [0.05, 0.1) is 35.1 Å². The number of nitriles is 1. The minimum atomic E-state index is -4.85. The SMILES string of the molecule is CC1(C)C(=O)N(c2ccc(C#N)c(C(F)(F)F)c2)C(=O)N1Cc1ccccc1Nc1ccccc1F. The summed E-state index contributed by atoms with van der Waals surface area (Å²) < 4.78 is 54.6. The van der Waals surface area contributed by atoms with E-state index in [1.807, 2.05) is 0 Å². The van der Waals surface area contributed by atoms with Crippen molar-refractivity contribution in [2.75, 3.05) is 10.2 Å². The van der Waals surface area contributed by atoms with Gasteiger partial charge in [0.1, 0.15) is 11.4 Å². The molecule has 1 fully saturated rings. The Kier molecular flexibility index (Phi) is 6.18. The van der Waals surface area contributed by atoms with Gasteiger partial charge in [0, 0.05) is 5.69 Å². The van der Waals surface area contributed by atoms with Crippen LogP contribution in [-0.2, 0) is 17.5 Å². The van der Waals surface area contributed by atoms with E-state index in [1.54, 1.807) is 42.5 Å². The third-order valence-electron chi connectivity index (χ3n) is 6.00. The van der Waals surface area contributed by atoms with Crippen molar-refractivity contribution < 1.29 is 27.2 Å². The number of benzene rings is 3. The molecule has 0 bridgehead atoms. The molecule has 4 rings (SSSR count). The number of para-hydroxylation sites is 2. The van der Waals surface area contributed by atoms with E-state index in [2.05, 4.69) is 5.32 Å². The van der Waals surface area contributed by atoms with E-state index < -0.39 is 40.6 Å². The fraction of sp³-hybridized carbons (Fsp3) is 0.192. The van der Waals surface area contributed by atoms with Crippen molar-refractivity contribution >= 4 is 29.0 Å². The Morgan fingerprint density at radius 2 is 1.61 bits per heavy atom. The number of imide groups is 1. The standard InChI is InChI=1S/C26H20F4N4O2/c1-25(2)23(35)34(18-12-11-16(14-31)19(13-18)26(28,29)30)24(36)33(25)15-17-7-3-5-9-21(17)32-22-10-6-4-8-20(22)27/h3-13,32H,15H2,1-2H3.